The quantitative estimate of drug-likeness (QED) is 0.360. The van der Waals surface area contributed by atoms with Crippen LogP contribution in [0.2, 0.25) is 10.0 Å². The molecule has 42 heavy (non-hydrogen) atoms. The smallest absolute Gasteiger partial charge is 0.259 e. The Labute approximate surface area is 249 Å². The van der Waals surface area contributed by atoms with Crippen molar-refractivity contribution in [3.05, 3.63) is 63.8 Å². The number of ether oxygens (including phenoxy) is 3. The Morgan fingerprint density at radius 3 is 2.50 bits per heavy atom. The minimum Gasteiger partial charge on any atom is -0.394 e. The number of rotatable bonds is 7. The van der Waals surface area contributed by atoms with Gasteiger partial charge in [-0.25, -0.2) is 13.5 Å². The molecule has 2 saturated heterocycles. The third kappa shape index (κ3) is 5.63. The molecule has 11 nitrogen and oxygen atoms in total. The van der Waals surface area contributed by atoms with Crippen LogP contribution >= 0.6 is 23.2 Å². The van der Waals surface area contributed by atoms with Crippen LogP contribution < -0.4 is 4.90 Å². The van der Waals surface area contributed by atoms with Crippen molar-refractivity contribution >= 4 is 34.8 Å². The zero-order valence-corrected chi connectivity index (χ0v) is 23.9. The van der Waals surface area contributed by atoms with Crippen LogP contribution in [0.4, 0.5) is 14.5 Å². The van der Waals surface area contributed by atoms with Crippen molar-refractivity contribution in [3.63, 3.8) is 0 Å². The first-order valence-corrected chi connectivity index (χ1v) is 13.7. The highest BCUT2D eigenvalue weighted by atomic mass is 35.5. The number of methoxy groups -OCH3 is 1. The lowest BCUT2D eigenvalue weighted by molar-refractivity contribution is -0.211. The number of nitrogens with zero attached hydrogens (tertiary/aromatic N) is 4. The first-order chi connectivity index (χ1) is 20.0. The summed E-state index contributed by atoms with van der Waals surface area (Å²) in [5.74, 6) is -2.86. The van der Waals surface area contributed by atoms with E-state index < -0.39 is 66.8 Å². The number of benzene rings is 2. The predicted octanol–water partition coefficient (Wildman–Crippen LogP) is 2.31. The zero-order valence-electron chi connectivity index (χ0n) is 22.4. The molecule has 1 amide bonds. The van der Waals surface area contributed by atoms with Gasteiger partial charge in [-0.3, -0.25) is 4.79 Å². The Kier molecular flexibility index (Phi) is 9.11. The molecule has 2 aliphatic heterocycles. The highest BCUT2D eigenvalue weighted by Crippen LogP contribution is 2.37. The number of anilines is 1. The molecule has 2 fully saturated rings. The maximum Gasteiger partial charge on any atom is 0.259 e. The van der Waals surface area contributed by atoms with Crippen molar-refractivity contribution in [3.8, 4) is 11.3 Å². The van der Waals surface area contributed by atoms with E-state index in [4.69, 9.17) is 37.4 Å². The number of carbonyl (C=O) groups is 1. The number of aromatic nitrogens is 3. The number of aliphatic hydroxyl groups is 3. The monoisotopic (exact) mass is 628 g/mol. The maximum absolute atomic E-state index is 14.7. The van der Waals surface area contributed by atoms with Crippen LogP contribution in [0.5, 0.6) is 0 Å². The summed E-state index contributed by atoms with van der Waals surface area (Å²) in [6.07, 6.45) is -5.24. The third-order valence-electron chi connectivity index (χ3n) is 7.47. The Bertz CT molecular complexity index is 1440. The normalized spacial score (nSPS) is 27.8. The summed E-state index contributed by atoms with van der Waals surface area (Å²) in [6, 6.07) is 5.15. The van der Waals surface area contributed by atoms with Gasteiger partial charge in [-0.1, -0.05) is 34.5 Å². The van der Waals surface area contributed by atoms with Crippen LogP contribution in [0, 0.1) is 18.6 Å². The number of amides is 1. The minimum absolute atomic E-state index is 0.0119. The first kappa shape index (κ1) is 30.7. The van der Waals surface area contributed by atoms with E-state index >= 15 is 0 Å². The molecule has 15 heteroatoms. The summed E-state index contributed by atoms with van der Waals surface area (Å²) >= 11 is 12.5. The Morgan fingerprint density at radius 2 is 1.88 bits per heavy atom. The summed E-state index contributed by atoms with van der Waals surface area (Å²) in [5, 5.41) is 40.3. The van der Waals surface area contributed by atoms with E-state index in [0.717, 1.165) is 4.68 Å². The summed E-state index contributed by atoms with van der Waals surface area (Å²) in [5.41, 5.74) is 0.155. The Balaban J connectivity index is 1.55. The van der Waals surface area contributed by atoms with E-state index in [1.807, 2.05) is 0 Å². The fourth-order valence-electron chi connectivity index (χ4n) is 5.32. The molecule has 7 atom stereocenters. The standard InChI is InChI=1S/C27H28Cl2F2N4O7/c1-12-3-4-16(22(31)21(12)30)17-8-34(33-32-17)23-24(38)20(9-36)42-26(25(23)40-2)27(39)35(18-10-41-11-19(18)37)15-6-13(28)5-14(29)7-15/h3-8,18-20,23-26,36-38H,9-11H2,1-2H3/t18-,19-,20-,23+,24+,25-,26-/m1/s1. The lowest BCUT2D eigenvalue weighted by Gasteiger charge is -2.45. The second-order valence-electron chi connectivity index (χ2n) is 10.1. The van der Waals surface area contributed by atoms with E-state index in [1.165, 1.54) is 55.5 Å². The van der Waals surface area contributed by atoms with Crippen LogP contribution in [0.3, 0.4) is 0 Å². The SMILES string of the molecule is CO[C@@H]1[C@@H](n2cc(-c3ccc(C)c(F)c3F)nn2)[C@@H](O)[C@@H](CO)O[C@H]1C(=O)N(c1cc(Cl)cc(Cl)c1)[C@@H]1COC[C@H]1O. The van der Waals surface area contributed by atoms with Crippen LogP contribution in [0.25, 0.3) is 11.3 Å². The topological polar surface area (TPSA) is 139 Å². The van der Waals surface area contributed by atoms with E-state index in [9.17, 15) is 28.9 Å². The number of hydrogen-bond acceptors (Lipinski definition) is 9. The van der Waals surface area contributed by atoms with Crippen LogP contribution in [-0.4, -0.2) is 99.7 Å². The van der Waals surface area contributed by atoms with Crippen LogP contribution in [-0.2, 0) is 19.0 Å². The van der Waals surface area contributed by atoms with Crippen molar-refractivity contribution in [2.45, 2.75) is 49.5 Å². The largest absolute Gasteiger partial charge is 0.394 e. The number of aryl methyl sites for hydroxylation is 1. The van der Waals surface area contributed by atoms with Gasteiger partial charge < -0.3 is 34.4 Å². The van der Waals surface area contributed by atoms with Gasteiger partial charge in [0.1, 0.15) is 36.2 Å². The van der Waals surface area contributed by atoms with Crippen LogP contribution in [0.15, 0.2) is 36.5 Å². The third-order valence-corrected chi connectivity index (χ3v) is 7.90. The van der Waals surface area contributed by atoms with Crippen molar-refractivity contribution in [2.75, 3.05) is 31.8 Å². The minimum atomic E-state index is -1.47. The molecular weight excluding hydrogens is 601 g/mol. The molecule has 5 rings (SSSR count). The van der Waals surface area contributed by atoms with Gasteiger partial charge in [-0.15, -0.1) is 5.10 Å². The molecule has 0 radical (unpaired) electrons. The average molecular weight is 629 g/mol. The molecule has 2 aliphatic rings. The summed E-state index contributed by atoms with van der Waals surface area (Å²) in [7, 11) is 1.29. The fourth-order valence-corrected chi connectivity index (χ4v) is 5.84. The van der Waals surface area contributed by atoms with Gasteiger partial charge in [-0.2, -0.15) is 0 Å². The van der Waals surface area contributed by atoms with Crippen molar-refractivity contribution in [1.29, 1.82) is 0 Å². The molecule has 0 unspecified atom stereocenters. The summed E-state index contributed by atoms with van der Waals surface area (Å²) < 4.78 is 47.1. The van der Waals surface area contributed by atoms with Crippen molar-refractivity contribution in [2.24, 2.45) is 0 Å². The highest BCUT2D eigenvalue weighted by molar-refractivity contribution is 6.35. The Hall–Kier alpha value is -2.75. The second kappa shape index (κ2) is 12.5. The number of aliphatic hydroxyl groups excluding tert-OH is 3. The van der Waals surface area contributed by atoms with Crippen molar-refractivity contribution < 1.29 is 43.1 Å². The lowest BCUT2D eigenvalue weighted by atomic mass is 9.91. The molecule has 0 saturated carbocycles. The lowest BCUT2D eigenvalue weighted by Crippen LogP contribution is -2.63. The molecule has 3 heterocycles. The van der Waals surface area contributed by atoms with E-state index in [-0.39, 0.29) is 45.8 Å². The zero-order chi connectivity index (χ0) is 30.3. The average Bonchev–Trinajstić information content (AvgIpc) is 3.60. The fraction of sp³-hybridized carbons (Fsp3) is 0.444. The first-order valence-electron chi connectivity index (χ1n) is 12.9. The van der Waals surface area contributed by atoms with E-state index in [2.05, 4.69) is 10.3 Å². The Morgan fingerprint density at radius 1 is 1.17 bits per heavy atom. The number of halogens is 4. The molecule has 3 N–H and O–H groups in total. The summed E-state index contributed by atoms with van der Waals surface area (Å²) in [4.78, 5) is 15.5. The molecule has 0 aliphatic carbocycles. The molecule has 226 valence electrons. The van der Waals surface area contributed by atoms with Crippen molar-refractivity contribution in [1.82, 2.24) is 15.0 Å². The van der Waals surface area contributed by atoms with Gasteiger partial charge in [0.15, 0.2) is 17.7 Å². The number of hydrogen-bond donors (Lipinski definition) is 3. The highest BCUT2D eigenvalue weighted by Gasteiger charge is 2.52. The maximum atomic E-state index is 14.7. The van der Waals surface area contributed by atoms with E-state index in [0.29, 0.717) is 0 Å². The molecular formula is C27H28Cl2F2N4O7. The van der Waals surface area contributed by atoms with Gasteiger partial charge in [-0.05, 0) is 36.8 Å². The van der Waals surface area contributed by atoms with Gasteiger partial charge in [0.05, 0.1) is 32.1 Å². The van der Waals surface area contributed by atoms with Gasteiger partial charge in [0.2, 0.25) is 0 Å². The summed E-state index contributed by atoms with van der Waals surface area (Å²) in [6.45, 7) is 0.696. The molecule has 0 bridgehead atoms. The van der Waals surface area contributed by atoms with Gasteiger partial charge >= 0.3 is 0 Å². The molecule has 1 aromatic heterocycles. The molecule has 3 aromatic rings. The van der Waals surface area contributed by atoms with Crippen LogP contribution in [0.1, 0.15) is 11.6 Å². The van der Waals surface area contributed by atoms with Gasteiger partial charge in [0, 0.05) is 28.4 Å². The number of carbonyl (C=O) groups excluding carboxylic acids is 1. The van der Waals surface area contributed by atoms with E-state index in [1.54, 1.807) is 0 Å². The second-order valence-corrected chi connectivity index (χ2v) is 11.0. The predicted molar refractivity (Wildman–Crippen MR) is 146 cm³/mol. The molecule has 2 aromatic carbocycles. The molecule has 0 spiro atoms. The van der Waals surface area contributed by atoms with Gasteiger partial charge in [0.25, 0.3) is 5.91 Å².